The van der Waals surface area contributed by atoms with Gasteiger partial charge in [0.05, 0.1) is 6.04 Å². The van der Waals surface area contributed by atoms with Crippen molar-refractivity contribution in [2.24, 2.45) is 5.73 Å². The van der Waals surface area contributed by atoms with Gasteiger partial charge in [-0.25, -0.2) is 0 Å². The molecule has 20 heavy (non-hydrogen) atoms. The molecule has 1 heterocycles. The standard InChI is InChI=1S/C18H30N2/c1-17(2,3)14-9-7-13(8-10-14)16-15(19)11-12-20(16)18(4,5)6/h7-10,15-16H,11-12,19H2,1-6H3. The Morgan fingerprint density at radius 1 is 1.00 bits per heavy atom. The van der Waals surface area contributed by atoms with E-state index >= 15 is 0 Å². The van der Waals surface area contributed by atoms with Crippen molar-refractivity contribution in [1.82, 2.24) is 4.90 Å². The van der Waals surface area contributed by atoms with E-state index in [0.717, 1.165) is 13.0 Å². The number of hydrogen-bond donors (Lipinski definition) is 1. The predicted molar refractivity (Wildman–Crippen MR) is 86.9 cm³/mol. The number of hydrogen-bond acceptors (Lipinski definition) is 2. The van der Waals surface area contributed by atoms with Crippen LogP contribution in [-0.4, -0.2) is 23.0 Å². The average molecular weight is 274 g/mol. The topological polar surface area (TPSA) is 29.3 Å². The lowest BCUT2D eigenvalue weighted by molar-refractivity contribution is 0.117. The van der Waals surface area contributed by atoms with E-state index in [1.54, 1.807) is 0 Å². The van der Waals surface area contributed by atoms with Gasteiger partial charge in [0.25, 0.3) is 0 Å². The van der Waals surface area contributed by atoms with Crippen molar-refractivity contribution in [1.29, 1.82) is 0 Å². The van der Waals surface area contributed by atoms with Gasteiger partial charge < -0.3 is 5.73 Å². The molecule has 1 saturated heterocycles. The minimum atomic E-state index is 0.168. The maximum absolute atomic E-state index is 6.38. The van der Waals surface area contributed by atoms with Crippen molar-refractivity contribution < 1.29 is 0 Å². The molecule has 0 aliphatic carbocycles. The monoisotopic (exact) mass is 274 g/mol. The van der Waals surface area contributed by atoms with Crippen molar-refractivity contribution in [2.75, 3.05) is 6.54 Å². The normalized spacial score (nSPS) is 25.1. The summed E-state index contributed by atoms with van der Waals surface area (Å²) < 4.78 is 0. The minimum absolute atomic E-state index is 0.168. The molecule has 2 unspecified atom stereocenters. The molecule has 1 aromatic rings. The van der Waals surface area contributed by atoms with Crippen LogP contribution in [0, 0.1) is 0 Å². The van der Waals surface area contributed by atoms with Crippen LogP contribution in [0.25, 0.3) is 0 Å². The smallest absolute Gasteiger partial charge is 0.0504 e. The second-order valence-corrected chi connectivity index (χ2v) is 8.13. The van der Waals surface area contributed by atoms with E-state index in [-0.39, 0.29) is 17.0 Å². The first-order valence-corrected chi connectivity index (χ1v) is 7.73. The van der Waals surface area contributed by atoms with Gasteiger partial charge >= 0.3 is 0 Å². The Morgan fingerprint density at radius 2 is 1.55 bits per heavy atom. The van der Waals surface area contributed by atoms with Gasteiger partial charge in [0, 0.05) is 18.1 Å². The van der Waals surface area contributed by atoms with E-state index in [4.69, 9.17) is 5.73 Å². The Bertz CT molecular complexity index is 448. The van der Waals surface area contributed by atoms with Crippen molar-refractivity contribution in [2.45, 2.75) is 71.0 Å². The summed E-state index contributed by atoms with van der Waals surface area (Å²) in [6.07, 6.45) is 1.09. The lowest BCUT2D eigenvalue weighted by Gasteiger charge is -2.38. The van der Waals surface area contributed by atoms with Gasteiger partial charge in [0.2, 0.25) is 0 Å². The molecular weight excluding hydrogens is 244 g/mol. The number of nitrogens with zero attached hydrogens (tertiary/aromatic N) is 1. The molecule has 2 nitrogen and oxygen atoms in total. The zero-order valence-corrected chi connectivity index (χ0v) is 13.9. The largest absolute Gasteiger partial charge is 0.326 e. The molecule has 2 N–H and O–H groups in total. The summed E-state index contributed by atoms with van der Waals surface area (Å²) >= 11 is 0. The summed E-state index contributed by atoms with van der Waals surface area (Å²) in [7, 11) is 0. The Balaban J connectivity index is 2.30. The van der Waals surface area contributed by atoms with Gasteiger partial charge in [-0.05, 0) is 43.7 Å². The van der Waals surface area contributed by atoms with Crippen molar-refractivity contribution in [3.05, 3.63) is 35.4 Å². The summed E-state index contributed by atoms with van der Waals surface area (Å²) in [6, 6.07) is 9.67. The Hall–Kier alpha value is -0.860. The second-order valence-electron chi connectivity index (χ2n) is 8.13. The molecule has 0 bridgehead atoms. The van der Waals surface area contributed by atoms with Gasteiger partial charge in [-0.1, -0.05) is 45.0 Å². The first kappa shape index (κ1) is 15.5. The molecule has 2 rings (SSSR count). The molecule has 1 aromatic carbocycles. The van der Waals surface area contributed by atoms with Crippen LogP contribution in [0.5, 0.6) is 0 Å². The van der Waals surface area contributed by atoms with Gasteiger partial charge in [-0.2, -0.15) is 0 Å². The first-order chi connectivity index (χ1) is 9.10. The van der Waals surface area contributed by atoms with Gasteiger partial charge in [0.15, 0.2) is 0 Å². The van der Waals surface area contributed by atoms with Crippen molar-refractivity contribution >= 4 is 0 Å². The Morgan fingerprint density at radius 3 is 2.00 bits per heavy atom. The van der Waals surface area contributed by atoms with Crippen LogP contribution in [0.15, 0.2) is 24.3 Å². The SMILES string of the molecule is CC(C)(C)c1ccc(C2C(N)CCN2C(C)(C)C)cc1. The molecule has 0 saturated carbocycles. The molecule has 1 fully saturated rings. The molecule has 1 aliphatic heterocycles. The zero-order chi connectivity index (χ0) is 15.1. The number of likely N-dealkylation sites (tertiary alicyclic amines) is 1. The highest BCUT2D eigenvalue weighted by molar-refractivity contribution is 5.31. The van der Waals surface area contributed by atoms with E-state index in [1.807, 2.05) is 0 Å². The molecule has 0 radical (unpaired) electrons. The van der Waals surface area contributed by atoms with E-state index in [2.05, 4.69) is 70.7 Å². The van der Waals surface area contributed by atoms with Crippen LogP contribution < -0.4 is 5.73 Å². The van der Waals surface area contributed by atoms with Crippen LogP contribution in [-0.2, 0) is 5.41 Å². The van der Waals surface area contributed by atoms with E-state index in [0.29, 0.717) is 6.04 Å². The Kier molecular flexibility index (Phi) is 4.01. The third-order valence-electron chi connectivity index (χ3n) is 4.42. The van der Waals surface area contributed by atoms with Gasteiger partial charge in [-0.3, -0.25) is 4.90 Å². The third-order valence-corrected chi connectivity index (χ3v) is 4.42. The molecule has 0 aromatic heterocycles. The second kappa shape index (κ2) is 5.16. The number of nitrogens with two attached hydrogens (primary N) is 1. The molecule has 0 spiro atoms. The van der Waals surface area contributed by atoms with Crippen LogP contribution >= 0.6 is 0 Å². The minimum Gasteiger partial charge on any atom is -0.326 e. The van der Waals surface area contributed by atoms with E-state index < -0.39 is 0 Å². The summed E-state index contributed by atoms with van der Waals surface area (Å²) in [5.74, 6) is 0. The third kappa shape index (κ3) is 3.07. The fourth-order valence-electron chi connectivity index (χ4n) is 3.18. The number of rotatable bonds is 1. The summed E-state index contributed by atoms with van der Waals surface area (Å²) in [5.41, 5.74) is 9.50. The average Bonchev–Trinajstić information content (AvgIpc) is 2.70. The van der Waals surface area contributed by atoms with E-state index in [9.17, 15) is 0 Å². The highest BCUT2D eigenvalue weighted by Crippen LogP contribution is 2.37. The summed E-state index contributed by atoms with van der Waals surface area (Å²) in [5, 5.41) is 0. The lowest BCUT2D eigenvalue weighted by Crippen LogP contribution is -2.43. The number of benzene rings is 1. The quantitative estimate of drug-likeness (QED) is 0.842. The highest BCUT2D eigenvalue weighted by atomic mass is 15.3. The van der Waals surface area contributed by atoms with Crippen molar-refractivity contribution in [3.63, 3.8) is 0 Å². The van der Waals surface area contributed by atoms with Gasteiger partial charge in [0.1, 0.15) is 0 Å². The van der Waals surface area contributed by atoms with Crippen LogP contribution in [0.4, 0.5) is 0 Å². The molecule has 2 heteroatoms. The Labute approximate surface area is 124 Å². The van der Waals surface area contributed by atoms with Crippen molar-refractivity contribution in [3.8, 4) is 0 Å². The fourth-order valence-corrected chi connectivity index (χ4v) is 3.18. The van der Waals surface area contributed by atoms with Crippen LogP contribution in [0.2, 0.25) is 0 Å². The van der Waals surface area contributed by atoms with Crippen LogP contribution in [0.3, 0.4) is 0 Å². The van der Waals surface area contributed by atoms with Gasteiger partial charge in [-0.15, -0.1) is 0 Å². The molecule has 112 valence electrons. The fraction of sp³-hybridized carbons (Fsp3) is 0.667. The molecule has 2 atom stereocenters. The summed E-state index contributed by atoms with van der Waals surface area (Å²) in [4.78, 5) is 2.55. The lowest BCUT2D eigenvalue weighted by atomic mass is 9.85. The summed E-state index contributed by atoms with van der Waals surface area (Å²) in [6.45, 7) is 14.7. The zero-order valence-electron chi connectivity index (χ0n) is 13.9. The predicted octanol–water partition coefficient (Wildman–Crippen LogP) is 3.86. The molecular formula is C18H30N2. The molecule has 1 aliphatic rings. The molecule has 0 amide bonds. The van der Waals surface area contributed by atoms with E-state index in [1.165, 1.54) is 11.1 Å². The highest BCUT2D eigenvalue weighted by Gasteiger charge is 2.38. The maximum Gasteiger partial charge on any atom is 0.0504 e. The maximum atomic E-state index is 6.38. The first-order valence-electron chi connectivity index (χ1n) is 7.73. The van der Waals surface area contributed by atoms with Crippen LogP contribution in [0.1, 0.15) is 65.1 Å².